The van der Waals surface area contributed by atoms with E-state index in [4.69, 9.17) is 0 Å². The molecule has 0 aliphatic heterocycles. The fraction of sp³-hybridized carbons (Fsp3) is 0.0556. The number of hydrogen-bond donors (Lipinski definition) is 2. The molecule has 3 rings (SSSR count). The summed E-state index contributed by atoms with van der Waals surface area (Å²) >= 11 is 0. The highest BCUT2D eigenvalue weighted by molar-refractivity contribution is 5.80. The number of rotatable bonds is 4. The molecule has 3 heteroatoms. The van der Waals surface area contributed by atoms with Crippen LogP contribution in [0.4, 0.5) is 5.69 Å². The molecule has 0 aliphatic rings. The summed E-state index contributed by atoms with van der Waals surface area (Å²) in [5.41, 5.74) is 3.89. The van der Waals surface area contributed by atoms with E-state index in [1.54, 1.807) is 6.20 Å². The maximum atomic E-state index is 9.27. The van der Waals surface area contributed by atoms with E-state index in [9.17, 15) is 5.26 Å². The van der Waals surface area contributed by atoms with Crippen LogP contribution in [0.3, 0.4) is 0 Å². The van der Waals surface area contributed by atoms with E-state index in [1.807, 2.05) is 42.6 Å². The number of fused-ring (bicyclic) bond motifs is 1. The molecule has 21 heavy (non-hydrogen) atoms. The molecule has 0 fully saturated rings. The molecule has 0 aliphatic carbocycles. The van der Waals surface area contributed by atoms with E-state index in [0.717, 1.165) is 16.8 Å². The number of anilines is 1. The topological polar surface area (TPSA) is 51.6 Å². The third-order valence-corrected chi connectivity index (χ3v) is 3.34. The van der Waals surface area contributed by atoms with Crippen LogP contribution in [-0.4, -0.2) is 4.98 Å². The van der Waals surface area contributed by atoms with Gasteiger partial charge in [0.15, 0.2) is 0 Å². The first-order chi connectivity index (χ1) is 10.3. The molecule has 2 N–H and O–H groups in total. The van der Waals surface area contributed by atoms with Crippen LogP contribution in [-0.2, 0) is 6.42 Å². The van der Waals surface area contributed by atoms with Crippen molar-refractivity contribution in [1.82, 2.24) is 4.98 Å². The van der Waals surface area contributed by atoms with E-state index < -0.39 is 0 Å². The molecule has 0 spiro atoms. The number of aromatic amines is 1. The highest BCUT2D eigenvalue weighted by atomic mass is 14.8. The van der Waals surface area contributed by atoms with Crippen LogP contribution in [0.2, 0.25) is 0 Å². The second kappa shape index (κ2) is 5.98. The van der Waals surface area contributed by atoms with Gasteiger partial charge in [-0.1, -0.05) is 30.3 Å². The number of H-pyrrole nitrogens is 1. The van der Waals surface area contributed by atoms with Crippen LogP contribution in [0.15, 0.2) is 72.6 Å². The molecule has 0 bridgehead atoms. The Morgan fingerprint density at radius 2 is 2.00 bits per heavy atom. The number of allylic oxidation sites excluding steroid dienone is 1. The van der Waals surface area contributed by atoms with Gasteiger partial charge in [0.2, 0.25) is 0 Å². The smallest absolute Gasteiger partial charge is 0.0965 e. The van der Waals surface area contributed by atoms with Gasteiger partial charge in [-0.15, -0.1) is 0 Å². The predicted octanol–water partition coefficient (Wildman–Crippen LogP) is 4.23. The van der Waals surface area contributed by atoms with Crippen molar-refractivity contribution in [2.24, 2.45) is 0 Å². The molecule has 2 aromatic carbocycles. The second-order valence-electron chi connectivity index (χ2n) is 4.87. The molecule has 102 valence electrons. The van der Waals surface area contributed by atoms with Crippen LogP contribution in [0.1, 0.15) is 5.56 Å². The van der Waals surface area contributed by atoms with Gasteiger partial charge in [-0.05, 0) is 35.2 Å². The van der Waals surface area contributed by atoms with Crippen molar-refractivity contribution in [1.29, 1.82) is 5.26 Å². The van der Waals surface area contributed by atoms with E-state index in [1.165, 1.54) is 5.39 Å². The summed E-state index contributed by atoms with van der Waals surface area (Å²) in [6, 6.07) is 20.3. The number of hydrogen-bond acceptors (Lipinski definition) is 2. The molecule has 0 radical (unpaired) electrons. The molecular formula is C18H15N3. The molecule has 1 aromatic heterocycles. The van der Waals surface area contributed by atoms with Crippen LogP contribution in [0, 0.1) is 11.3 Å². The average Bonchev–Trinajstić information content (AvgIpc) is 3.00. The predicted molar refractivity (Wildman–Crippen MR) is 85.8 cm³/mol. The minimum Gasteiger partial charge on any atom is -0.361 e. The lowest BCUT2D eigenvalue weighted by atomic mass is 10.1. The number of nitriles is 1. The average molecular weight is 273 g/mol. The summed E-state index contributed by atoms with van der Waals surface area (Å²) in [4.78, 5) is 3.19. The third kappa shape index (κ3) is 3.13. The molecule has 0 amide bonds. The number of aromatic nitrogens is 1. The van der Waals surface area contributed by atoms with Crippen molar-refractivity contribution in [2.45, 2.75) is 6.42 Å². The van der Waals surface area contributed by atoms with Gasteiger partial charge < -0.3 is 10.3 Å². The zero-order valence-electron chi connectivity index (χ0n) is 11.5. The molecule has 3 nitrogen and oxygen atoms in total. The van der Waals surface area contributed by atoms with Crippen molar-refractivity contribution in [3.8, 4) is 6.07 Å². The van der Waals surface area contributed by atoms with E-state index in [0.29, 0.717) is 12.0 Å². The lowest BCUT2D eigenvalue weighted by molar-refractivity contribution is 1.19. The molecule has 1 heterocycles. The standard InChI is InChI=1S/C18H15N3/c19-12-15(13-21-17-4-2-1-3-5-17)10-14-6-7-16-8-9-20-18(16)11-14/h1-9,11,13,20-21H,10H2. The lowest BCUT2D eigenvalue weighted by Crippen LogP contribution is -1.94. The van der Waals surface area contributed by atoms with Crippen LogP contribution < -0.4 is 5.32 Å². The molecule has 0 unspecified atom stereocenters. The van der Waals surface area contributed by atoms with E-state index >= 15 is 0 Å². The Morgan fingerprint density at radius 3 is 2.81 bits per heavy atom. The van der Waals surface area contributed by atoms with Crippen molar-refractivity contribution in [2.75, 3.05) is 5.32 Å². The first-order valence-electron chi connectivity index (χ1n) is 6.82. The minimum absolute atomic E-state index is 0.616. The first kappa shape index (κ1) is 13.0. The van der Waals surface area contributed by atoms with Gasteiger partial charge in [0.25, 0.3) is 0 Å². The van der Waals surface area contributed by atoms with Gasteiger partial charge in [0.05, 0.1) is 6.07 Å². The molecule has 0 saturated carbocycles. The van der Waals surface area contributed by atoms with Gasteiger partial charge in [-0.3, -0.25) is 0 Å². The first-order valence-corrected chi connectivity index (χ1v) is 6.82. The van der Waals surface area contributed by atoms with Crippen LogP contribution >= 0.6 is 0 Å². The SMILES string of the molecule is N#CC(=CNc1ccccc1)Cc1ccc2cc[nH]c2c1. The lowest BCUT2D eigenvalue weighted by Gasteiger charge is -2.03. The van der Waals surface area contributed by atoms with Gasteiger partial charge >= 0.3 is 0 Å². The molecule has 3 aromatic rings. The zero-order valence-corrected chi connectivity index (χ0v) is 11.5. The summed E-state index contributed by atoms with van der Waals surface area (Å²) in [6.45, 7) is 0. The zero-order chi connectivity index (χ0) is 14.5. The fourth-order valence-electron chi connectivity index (χ4n) is 2.25. The Hall–Kier alpha value is -2.99. The monoisotopic (exact) mass is 273 g/mol. The quantitative estimate of drug-likeness (QED) is 0.699. The van der Waals surface area contributed by atoms with Gasteiger partial charge in [-0.25, -0.2) is 0 Å². The minimum atomic E-state index is 0.616. The van der Waals surface area contributed by atoms with E-state index in [-0.39, 0.29) is 0 Å². The largest absolute Gasteiger partial charge is 0.361 e. The molecule has 0 saturated heterocycles. The summed E-state index contributed by atoms with van der Waals surface area (Å²) < 4.78 is 0. The van der Waals surface area contributed by atoms with Crippen LogP contribution in [0.5, 0.6) is 0 Å². The van der Waals surface area contributed by atoms with Gasteiger partial charge in [0.1, 0.15) is 0 Å². The van der Waals surface area contributed by atoms with Crippen molar-refractivity contribution in [3.63, 3.8) is 0 Å². The van der Waals surface area contributed by atoms with Crippen LogP contribution in [0.25, 0.3) is 10.9 Å². The normalized spacial score (nSPS) is 11.3. The molecular weight excluding hydrogens is 258 g/mol. The summed E-state index contributed by atoms with van der Waals surface area (Å²) in [5, 5.41) is 13.6. The number of nitrogens with one attached hydrogen (secondary N) is 2. The summed E-state index contributed by atoms with van der Waals surface area (Å²) in [7, 11) is 0. The highest BCUT2D eigenvalue weighted by Gasteiger charge is 2.01. The number of para-hydroxylation sites is 1. The number of nitrogens with zero attached hydrogens (tertiary/aromatic N) is 1. The Balaban J connectivity index is 1.76. The number of benzene rings is 2. The van der Waals surface area contributed by atoms with Crippen molar-refractivity contribution in [3.05, 3.63) is 78.1 Å². The summed E-state index contributed by atoms with van der Waals surface area (Å²) in [5.74, 6) is 0. The Morgan fingerprint density at radius 1 is 1.14 bits per heavy atom. The highest BCUT2D eigenvalue weighted by Crippen LogP contribution is 2.17. The molecule has 0 atom stereocenters. The second-order valence-corrected chi connectivity index (χ2v) is 4.87. The summed E-state index contributed by atoms with van der Waals surface area (Å²) in [6.07, 6.45) is 4.31. The fourth-order valence-corrected chi connectivity index (χ4v) is 2.25. The Kier molecular flexibility index (Phi) is 3.70. The van der Waals surface area contributed by atoms with Crippen molar-refractivity contribution >= 4 is 16.6 Å². The van der Waals surface area contributed by atoms with Crippen molar-refractivity contribution < 1.29 is 0 Å². The van der Waals surface area contributed by atoms with Gasteiger partial charge in [-0.2, -0.15) is 5.26 Å². The Labute approximate surface area is 123 Å². The van der Waals surface area contributed by atoms with E-state index in [2.05, 4.69) is 34.6 Å². The Bertz CT molecular complexity index is 807. The maximum absolute atomic E-state index is 9.27. The maximum Gasteiger partial charge on any atom is 0.0965 e. The third-order valence-electron chi connectivity index (χ3n) is 3.34. The van der Waals surface area contributed by atoms with Gasteiger partial charge in [0, 0.05) is 35.6 Å².